The van der Waals surface area contributed by atoms with E-state index in [1.165, 1.54) is 19.2 Å². The molecule has 2 aromatic rings. The summed E-state index contributed by atoms with van der Waals surface area (Å²) in [5.41, 5.74) is 2.48. The number of hydrogen-bond donors (Lipinski definition) is 1. The standard InChI is InChI=1S/C16H17FO2/c1-10(2)12-8-14(16(18)15(9-12)19-3)11-4-6-13(17)7-5-11/h4-10,18H,1-3H3. The summed E-state index contributed by atoms with van der Waals surface area (Å²) < 4.78 is 18.2. The van der Waals surface area contributed by atoms with E-state index in [4.69, 9.17) is 4.74 Å². The first-order valence-corrected chi connectivity index (χ1v) is 6.19. The number of methoxy groups -OCH3 is 1. The Labute approximate surface area is 112 Å². The minimum atomic E-state index is -0.296. The van der Waals surface area contributed by atoms with Crippen LogP contribution in [0.2, 0.25) is 0 Å². The van der Waals surface area contributed by atoms with E-state index in [0.29, 0.717) is 17.2 Å². The third-order valence-electron chi connectivity index (χ3n) is 3.14. The van der Waals surface area contributed by atoms with Gasteiger partial charge in [0.15, 0.2) is 11.5 Å². The zero-order chi connectivity index (χ0) is 14.0. The molecule has 3 heteroatoms. The number of phenols is 1. The Morgan fingerprint density at radius 2 is 1.74 bits per heavy atom. The molecule has 1 N–H and O–H groups in total. The van der Waals surface area contributed by atoms with Gasteiger partial charge in [0.05, 0.1) is 7.11 Å². The van der Waals surface area contributed by atoms with Crippen molar-refractivity contribution >= 4 is 0 Å². The summed E-state index contributed by atoms with van der Waals surface area (Å²) in [4.78, 5) is 0. The van der Waals surface area contributed by atoms with Gasteiger partial charge >= 0.3 is 0 Å². The SMILES string of the molecule is COc1cc(C(C)C)cc(-c2ccc(F)cc2)c1O. The van der Waals surface area contributed by atoms with E-state index in [9.17, 15) is 9.50 Å². The van der Waals surface area contributed by atoms with Crippen molar-refractivity contribution in [1.29, 1.82) is 0 Å². The van der Waals surface area contributed by atoms with Gasteiger partial charge in [-0.05, 0) is 41.3 Å². The minimum Gasteiger partial charge on any atom is -0.504 e. The van der Waals surface area contributed by atoms with Crippen LogP contribution in [0.5, 0.6) is 11.5 Å². The van der Waals surface area contributed by atoms with Crippen molar-refractivity contribution in [3.63, 3.8) is 0 Å². The van der Waals surface area contributed by atoms with Crippen LogP contribution in [0, 0.1) is 5.82 Å². The molecule has 0 bridgehead atoms. The first-order valence-electron chi connectivity index (χ1n) is 6.19. The molecule has 0 atom stereocenters. The molecule has 0 heterocycles. The van der Waals surface area contributed by atoms with Gasteiger partial charge in [-0.25, -0.2) is 4.39 Å². The molecule has 0 amide bonds. The lowest BCUT2D eigenvalue weighted by molar-refractivity contribution is 0.373. The molecule has 2 aromatic carbocycles. The highest BCUT2D eigenvalue weighted by Crippen LogP contribution is 2.39. The Morgan fingerprint density at radius 3 is 2.26 bits per heavy atom. The predicted octanol–water partition coefficient (Wildman–Crippen LogP) is 4.33. The highest BCUT2D eigenvalue weighted by Gasteiger charge is 2.14. The van der Waals surface area contributed by atoms with Crippen LogP contribution in [0.3, 0.4) is 0 Å². The summed E-state index contributed by atoms with van der Waals surface area (Å²) in [5, 5.41) is 10.2. The fourth-order valence-corrected chi connectivity index (χ4v) is 1.97. The average molecular weight is 260 g/mol. The molecule has 2 rings (SSSR count). The van der Waals surface area contributed by atoms with Crippen LogP contribution in [0.25, 0.3) is 11.1 Å². The quantitative estimate of drug-likeness (QED) is 0.890. The van der Waals surface area contributed by atoms with Crippen molar-refractivity contribution < 1.29 is 14.2 Å². The minimum absolute atomic E-state index is 0.0820. The summed E-state index contributed by atoms with van der Waals surface area (Å²) in [6.07, 6.45) is 0. The number of phenolic OH excluding ortho intramolecular Hbond substituents is 1. The fraction of sp³-hybridized carbons (Fsp3) is 0.250. The van der Waals surface area contributed by atoms with Gasteiger partial charge in [0, 0.05) is 5.56 Å². The molecule has 0 spiro atoms. The van der Waals surface area contributed by atoms with Gasteiger partial charge in [0.2, 0.25) is 0 Å². The van der Waals surface area contributed by atoms with Crippen LogP contribution in [0.15, 0.2) is 36.4 Å². The second-order valence-electron chi connectivity index (χ2n) is 4.78. The second kappa shape index (κ2) is 5.31. The van der Waals surface area contributed by atoms with Gasteiger partial charge in [-0.3, -0.25) is 0 Å². The van der Waals surface area contributed by atoms with Gasteiger partial charge in [-0.15, -0.1) is 0 Å². The van der Waals surface area contributed by atoms with E-state index in [0.717, 1.165) is 11.1 Å². The van der Waals surface area contributed by atoms with E-state index in [1.807, 2.05) is 12.1 Å². The van der Waals surface area contributed by atoms with Gasteiger partial charge < -0.3 is 9.84 Å². The average Bonchev–Trinajstić information content (AvgIpc) is 2.40. The van der Waals surface area contributed by atoms with E-state index >= 15 is 0 Å². The Bertz CT molecular complexity index is 574. The maximum absolute atomic E-state index is 13.0. The van der Waals surface area contributed by atoms with Gasteiger partial charge in [-0.2, -0.15) is 0 Å². The van der Waals surface area contributed by atoms with Crippen molar-refractivity contribution in [1.82, 2.24) is 0 Å². The number of aromatic hydroxyl groups is 1. The third kappa shape index (κ3) is 2.70. The number of benzene rings is 2. The normalized spacial score (nSPS) is 10.8. The number of ether oxygens (including phenoxy) is 1. The van der Waals surface area contributed by atoms with Gasteiger partial charge in [0.25, 0.3) is 0 Å². The largest absolute Gasteiger partial charge is 0.504 e. The molecule has 0 aromatic heterocycles. The number of rotatable bonds is 3. The maximum Gasteiger partial charge on any atom is 0.165 e. The molecule has 0 aliphatic rings. The van der Waals surface area contributed by atoms with Crippen molar-refractivity contribution in [2.45, 2.75) is 19.8 Å². The zero-order valence-electron chi connectivity index (χ0n) is 11.3. The molecule has 0 radical (unpaired) electrons. The molecular formula is C16H17FO2. The first-order chi connectivity index (χ1) is 9.02. The van der Waals surface area contributed by atoms with Crippen molar-refractivity contribution in [2.24, 2.45) is 0 Å². The van der Waals surface area contributed by atoms with Gasteiger partial charge in [0.1, 0.15) is 5.82 Å². The Morgan fingerprint density at radius 1 is 1.11 bits per heavy atom. The van der Waals surface area contributed by atoms with Crippen LogP contribution in [-0.4, -0.2) is 12.2 Å². The van der Waals surface area contributed by atoms with E-state index < -0.39 is 0 Å². The number of halogens is 1. The second-order valence-corrected chi connectivity index (χ2v) is 4.78. The lowest BCUT2D eigenvalue weighted by Crippen LogP contribution is -1.93. The molecule has 0 saturated heterocycles. The summed E-state index contributed by atoms with van der Waals surface area (Å²) in [5.74, 6) is 0.535. The highest BCUT2D eigenvalue weighted by molar-refractivity contribution is 5.74. The monoisotopic (exact) mass is 260 g/mol. The fourth-order valence-electron chi connectivity index (χ4n) is 1.97. The van der Waals surface area contributed by atoms with Crippen LogP contribution in [-0.2, 0) is 0 Å². The highest BCUT2D eigenvalue weighted by atomic mass is 19.1. The summed E-state index contributed by atoms with van der Waals surface area (Å²) in [7, 11) is 1.52. The van der Waals surface area contributed by atoms with Crippen LogP contribution >= 0.6 is 0 Å². The molecule has 0 aliphatic heterocycles. The smallest absolute Gasteiger partial charge is 0.165 e. The topological polar surface area (TPSA) is 29.5 Å². The maximum atomic E-state index is 13.0. The molecule has 0 saturated carbocycles. The van der Waals surface area contributed by atoms with Crippen molar-refractivity contribution in [2.75, 3.05) is 7.11 Å². The summed E-state index contributed by atoms with van der Waals surface area (Å²) in [6.45, 7) is 4.14. The molecule has 0 aliphatic carbocycles. The number of hydrogen-bond acceptors (Lipinski definition) is 2. The van der Waals surface area contributed by atoms with E-state index in [1.54, 1.807) is 12.1 Å². The van der Waals surface area contributed by atoms with Crippen molar-refractivity contribution in [3.05, 3.63) is 47.8 Å². The molecule has 0 unspecified atom stereocenters. The molecular weight excluding hydrogens is 243 g/mol. The van der Waals surface area contributed by atoms with Crippen LogP contribution in [0.1, 0.15) is 25.3 Å². The molecule has 100 valence electrons. The Kier molecular flexibility index (Phi) is 3.74. The van der Waals surface area contributed by atoms with Gasteiger partial charge in [-0.1, -0.05) is 26.0 Å². The lowest BCUT2D eigenvalue weighted by Gasteiger charge is -2.14. The zero-order valence-corrected chi connectivity index (χ0v) is 11.3. The molecule has 2 nitrogen and oxygen atoms in total. The van der Waals surface area contributed by atoms with Crippen LogP contribution in [0.4, 0.5) is 4.39 Å². The van der Waals surface area contributed by atoms with E-state index in [-0.39, 0.29) is 11.6 Å². The van der Waals surface area contributed by atoms with Crippen molar-refractivity contribution in [3.8, 4) is 22.6 Å². The van der Waals surface area contributed by atoms with Crippen LogP contribution < -0.4 is 4.74 Å². The predicted molar refractivity (Wildman–Crippen MR) is 74.1 cm³/mol. The molecule has 0 fully saturated rings. The first kappa shape index (κ1) is 13.4. The third-order valence-corrected chi connectivity index (χ3v) is 3.14. The molecule has 19 heavy (non-hydrogen) atoms. The summed E-state index contributed by atoms with van der Waals surface area (Å²) in [6, 6.07) is 9.79. The van der Waals surface area contributed by atoms with E-state index in [2.05, 4.69) is 13.8 Å². The Balaban J connectivity index is 2.61. The lowest BCUT2D eigenvalue weighted by atomic mass is 9.96. The summed E-state index contributed by atoms with van der Waals surface area (Å²) >= 11 is 0. The Hall–Kier alpha value is -2.03.